The quantitative estimate of drug-likeness (QED) is 0.826. The molecule has 0 amide bonds. The van der Waals surface area contributed by atoms with Crippen molar-refractivity contribution >= 4 is 11.5 Å². The van der Waals surface area contributed by atoms with E-state index in [0.717, 1.165) is 24.1 Å². The van der Waals surface area contributed by atoms with E-state index in [1.54, 1.807) is 11.9 Å². The first-order chi connectivity index (χ1) is 10.9. The Kier molecular flexibility index (Phi) is 4.92. The van der Waals surface area contributed by atoms with Crippen LogP contribution in [0.5, 0.6) is 0 Å². The Labute approximate surface area is 133 Å². The molecule has 0 spiro atoms. The van der Waals surface area contributed by atoms with Crippen LogP contribution in [-0.4, -0.2) is 21.8 Å². The van der Waals surface area contributed by atoms with Gasteiger partial charge in [-0.05, 0) is 20.3 Å². The number of anilines is 2. The first kappa shape index (κ1) is 16.9. The van der Waals surface area contributed by atoms with Gasteiger partial charge in [0.25, 0.3) is 5.56 Å². The highest BCUT2D eigenvalue weighted by Crippen LogP contribution is 2.20. The maximum atomic E-state index is 12.2. The van der Waals surface area contributed by atoms with E-state index >= 15 is 0 Å². The van der Waals surface area contributed by atoms with Crippen LogP contribution in [0.2, 0.25) is 0 Å². The summed E-state index contributed by atoms with van der Waals surface area (Å²) < 4.78 is 6.55. The SMILES string of the molecule is CCCCn1c(N)c(N(C)Cc2c(C)noc2C)c(=O)[nH]c1=O. The Bertz CT molecular complexity index is 783. The van der Waals surface area contributed by atoms with Crippen molar-refractivity contribution in [2.45, 2.75) is 46.7 Å². The van der Waals surface area contributed by atoms with Crippen LogP contribution < -0.4 is 21.9 Å². The lowest BCUT2D eigenvalue weighted by molar-refractivity contribution is 0.392. The van der Waals surface area contributed by atoms with E-state index in [1.165, 1.54) is 4.57 Å². The molecule has 8 nitrogen and oxygen atoms in total. The molecule has 2 aromatic rings. The molecule has 0 aliphatic heterocycles. The molecule has 23 heavy (non-hydrogen) atoms. The molecule has 0 unspecified atom stereocenters. The zero-order valence-corrected chi connectivity index (χ0v) is 14.0. The first-order valence-electron chi connectivity index (χ1n) is 7.62. The van der Waals surface area contributed by atoms with Crippen molar-refractivity contribution in [2.75, 3.05) is 17.7 Å². The van der Waals surface area contributed by atoms with Gasteiger partial charge in [0.1, 0.15) is 17.3 Å². The summed E-state index contributed by atoms with van der Waals surface area (Å²) in [5, 5.41) is 3.91. The maximum absolute atomic E-state index is 12.2. The van der Waals surface area contributed by atoms with E-state index in [2.05, 4.69) is 10.1 Å². The lowest BCUT2D eigenvalue weighted by Crippen LogP contribution is -2.37. The second-order valence-electron chi connectivity index (χ2n) is 5.66. The number of nitrogen functional groups attached to an aromatic ring is 1. The van der Waals surface area contributed by atoms with Gasteiger partial charge in [-0.25, -0.2) is 4.79 Å². The van der Waals surface area contributed by atoms with Gasteiger partial charge in [-0.3, -0.25) is 14.3 Å². The maximum Gasteiger partial charge on any atom is 0.330 e. The predicted molar refractivity (Wildman–Crippen MR) is 88.7 cm³/mol. The minimum atomic E-state index is -0.491. The number of rotatable bonds is 6. The molecule has 0 saturated heterocycles. The number of aromatic amines is 1. The molecule has 126 valence electrons. The monoisotopic (exact) mass is 321 g/mol. The van der Waals surface area contributed by atoms with Crippen molar-refractivity contribution in [1.82, 2.24) is 14.7 Å². The van der Waals surface area contributed by atoms with Crippen LogP contribution in [0.25, 0.3) is 0 Å². The summed E-state index contributed by atoms with van der Waals surface area (Å²) in [5.74, 6) is 0.880. The van der Waals surface area contributed by atoms with E-state index in [4.69, 9.17) is 10.3 Å². The summed E-state index contributed by atoms with van der Waals surface area (Å²) in [6, 6.07) is 0. The van der Waals surface area contributed by atoms with Gasteiger partial charge in [-0.15, -0.1) is 0 Å². The molecule has 0 fully saturated rings. The van der Waals surface area contributed by atoms with Crippen molar-refractivity contribution < 1.29 is 4.52 Å². The van der Waals surface area contributed by atoms with E-state index in [9.17, 15) is 9.59 Å². The predicted octanol–water partition coefficient (Wildman–Crippen LogP) is 1.16. The smallest absolute Gasteiger partial charge is 0.330 e. The number of hydrogen-bond acceptors (Lipinski definition) is 6. The number of unbranched alkanes of at least 4 members (excludes halogenated alkanes) is 1. The van der Waals surface area contributed by atoms with Crippen LogP contribution in [0.3, 0.4) is 0 Å². The molecule has 0 atom stereocenters. The van der Waals surface area contributed by atoms with E-state index in [0.29, 0.717) is 18.8 Å². The average Bonchev–Trinajstić information content (AvgIpc) is 2.78. The summed E-state index contributed by atoms with van der Waals surface area (Å²) in [4.78, 5) is 28.2. The van der Waals surface area contributed by atoms with Crippen LogP contribution >= 0.6 is 0 Å². The summed E-state index contributed by atoms with van der Waals surface area (Å²) in [5.41, 5.74) is 7.07. The van der Waals surface area contributed by atoms with Gasteiger partial charge in [-0.2, -0.15) is 0 Å². The minimum Gasteiger partial charge on any atom is -0.383 e. The molecular formula is C15H23N5O3. The highest BCUT2D eigenvalue weighted by molar-refractivity contribution is 5.62. The van der Waals surface area contributed by atoms with E-state index < -0.39 is 11.2 Å². The zero-order valence-electron chi connectivity index (χ0n) is 14.0. The van der Waals surface area contributed by atoms with Crippen LogP contribution in [0.1, 0.15) is 36.8 Å². The number of aromatic nitrogens is 3. The van der Waals surface area contributed by atoms with Gasteiger partial charge >= 0.3 is 5.69 Å². The molecule has 2 aromatic heterocycles. The van der Waals surface area contributed by atoms with Gasteiger partial charge in [-0.1, -0.05) is 18.5 Å². The summed E-state index contributed by atoms with van der Waals surface area (Å²) in [7, 11) is 1.75. The molecule has 0 bridgehead atoms. The zero-order chi connectivity index (χ0) is 17.1. The first-order valence-corrected chi connectivity index (χ1v) is 7.62. The Balaban J connectivity index is 2.42. The number of nitrogens with two attached hydrogens (primary N) is 1. The summed E-state index contributed by atoms with van der Waals surface area (Å²) in [6.45, 7) is 6.58. The van der Waals surface area contributed by atoms with Crippen LogP contribution in [0.15, 0.2) is 14.1 Å². The van der Waals surface area contributed by atoms with E-state index in [-0.39, 0.29) is 11.5 Å². The van der Waals surface area contributed by atoms with E-state index in [1.807, 2.05) is 20.8 Å². The van der Waals surface area contributed by atoms with Crippen LogP contribution in [0.4, 0.5) is 11.5 Å². The molecule has 0 aliphatic rings. The van der Waals surface area contributed by atoms with Crippen molar-refractivity contribution in [3.05, 3.63) is 37.9 Å². The van der Waals surface area contributed by atoms with Gasteiger partial charge in [0.05, 0.1) is 5.69 Å². The van der Waals surface area contributed by atoms with Crippen molar-refractivity contribution in [3.8, 4) is 0 Å². The third-order valence-electron chi connectivity index (χ3n) is 3.91. The molecular weight excluding hydrogens is 298 g/mol. The molecule has 0 aliphatic carbocycles. The Morgan fingerprint density at radius 2 is 2.04 bits per heavy atom. The fourth-order valence-corrected chi connectivity index (χ4v) is 2.53. The molecule has 0 saturated carbocycles. The average molecular weight is 321 g/mol. The number of nitrogens with zero attached hydrogens (tertiary/aromatic N) is 3. The third-order valence-corrected chi connectivity index (χ3v) is 3.91. The number of H-pyrrole nitrogens is 1. The molecule has 2 heterocycles. The Hall–Kier alpha value is -2.51. The highest BCUT2D eigenvalue weighted by atomic mass is 16.5. The molecule has 0 radical (unpaired) electrons. The molecule has 8 heteroatoms. The lowest BCUT2D eigenvalue weighted by Gasteiger charge is -2.21. The van der Waals surface area contributed by atoms with Crippen molar-refractivity contribution in [2.24, 2.45) is 0 Å². The highest BCUT2D eigenvalue weighted by Gasteiger charge is 2.19. The number of aryl methyl sites for hydroxylation is 2. The second-order valence-corrected chi connectivity index (χ2v) is 5.66. The van der Waals surface area contributed by atoms with Gasteiger partial charge in [0.2, 0.25) is 0 Å². The standard InChI is InChI=1S/C15H23N5O3/c1-5-6-7-20-13(16)12(14(21)17-15(20)22)19(4)8-11-9(2)18-23-10(11)3/h5-8,16H2,1-4H3,(H,17,21,22). The summed E-state index contributed by atoms with van der Waals surface area (Å²) >= 11 is 0. The van der Waals surface area contributed by atoms with Gasteiger partial charge in [0, 0.05) is 25.7 Å². The largest absolute Gasteiger partial charge is 0.383 e. The second kappa shape index (κ2) is 6.72. The molecule has 3 N–H and O–H groups in total. The number of hydrogen-bond donors (Lipinski definition) is 2. The Morgan fingerprint density at radius 3 is 2.61 bits per heavy atom. The van der Waals surface area contributed by atoms with Crippen LogP contribution in [-0.2, 0) is 13.1 Å². The van der Waals surface area contributed by atoms with Gasteiger partial charge < -0.3 is 15.2 Å². The third kappa shape index (κ3) is 3.30. The van der Waals surface area contributed by atoms with Crippen molar-refractivity contribution in [3.63, 3.8) is 0 Å². The lowest BCUT2D eigenvalue weighted by atomic mass is 10.2. The fourth-order valence-electron chi connectivity index (χ4n) is 2.53. The Morgan fingerprint density at radius 1 is 1.35 bits per heavy atom. The minimum absolute atomic E-state index is 0.182. The summed E-state index contributed by atoms with van der Waals surface area (Å²) in [6.07, 6.45) is 1.73. The molecule has 2 rings (SSSR count). The van der Waals surface area contributed by atoms with Gasteiger partial charge in [0.15, 0.2) is 0 Å². The van der Waals surface area contributed by atoms with Crippen LogP contribution in [0, 0.1) is 13.8 Å². The topological polar surface area (TPSA) is 110 Å². The molecule has 0 aromatic carbocycles. The fraction of sp³-hybridized carbons (Fsp3) is 0.533. The number of nitrogens with one attached hydrogen (secondary N) is 1. The normalized spacial score (nSPS) is 11.0. The van der Waals surface area contributed by atoms with Crippen molar-refractivity contribution in [1.29, 1.82) is 0 Å².